The van der Waals surface area contributed by atoms with Crippen molar-refractivity contribution in [3.05, 3.63) is 35.2 Å². The summed E-state index contributed by atoms with van der Waals surface area (Å²) in [6.45, 7) is 0.689. The number of carbonyl (C=O) groups excluding carboxylic acids is 1. The lowest BCUT2D eigenvalue weighted by Gasteiger charge is -2.29. The minimum Gasteiger partial charge on any atom is -0.341 e. The summed E-state index contributed by atoms with van der Waals surface area (Å²) in [5.41, 5.74) is 7.25. The van der Waals surface area contributed by atoms with Crippen LogP contribution in [0.2, 0.25) is 0 Å². The lowest BCUT2D eigenvalue weighted by Crippen LogP contribution is -2.38. The summed E-state index contributed by atoms with van der Waals surface area (Å²) in [4.78, 5) is 14.5. The van der Waals surface area contributed by atoms with Gasteiger partial charge < -0.3 is 10.6 Å². The first-order valence-electron chi connectivity index (χ1n) is 7.61. The van der Waals surface area contributed by atoms with Crippen LogP contribution in [0, 0.1) is 5.92 Å². The summed E-state index contributed by atoms with van der Waals surface area (Å²) in [7, 11) is 1.91. The van der Waals surface area contributed by atoms with Crippen LogP contribution in [0.5, 0.6) is 0 Å². The van der Waals surface area contributed by atoms with Crippen molar-refractivity contribution in [2.24, 2.45) is 11.7 Å². The molecule has 1 heterocycles. The molecule has 5 heteroatoms. The highest BCUT2D eigenvalue weighted by atomic mass is 35.5. The molecule has 0 bridgehead atoms. The van der Waals surface area contributed by atoms with Gasteiger partial charge in [0.05, 0.1) is 0 Å². The molecule has 2 atom stereocenters. The van der Waals surface area contributed by atoms with E-state index in [1.807, 2.05) is 11.9 Å². The number of hydrogen-bond acceptors (Lipinski definition) is 3. The molecule has 0 aliphatic heterocycles. The molecule has 120 valence electrons. The molecule has 2 unspecified atom stereocenters. The molecule has 2 N–H and O–H groups in total. The molecular formula is C17H23ClN2OS. The fraction of sp³-hybridized carbons (Fsp3) is 0.471. The molecule has 0 spiro atoms. The van der Waals surface area contributed by atoms with Crippen LogP contribution in [0.3, 0.4) is 0 Å². The number of amides is 1. The zero-order valence-corrected chi connectivity index (χ0v) is 14.5. The van der Waals surface area contributed by atoms with Crippen LogP contribution >= 0.6 is 23.7 Å². The van der Waals surface area contributed by atoms with Gasteiger partial charge in [-0.3, -0.25) is 4.79 Å². The lowest BCUT2D eigenvalue weighted by atomic mass is 9.85. The molecule has 2 aromatic rings. The second kappa shape index (κ2) is 7.44. The molecule has 1 aliphatic rings. The Hall–Kier alpha value is -1.10. The summed E-state index contributed by atoms with van der Waals surface area (Å²) < 4.78 is 1.29. The van der Waals surface area contributed by atoms with Gasteiger partial charge in [0.2, 0.25) is 5.91 Å². The standard InChI is InChI=1S/C17H22N2OS.ClH/c1-19(17(20)12-5-4-6-14(18)9-12)10-13-11-21-16-8-3-2-7-15(13)16;/h2-3,7-8,11-12,14H,4-6,9-10,18H2,1H3;1H. The topological polar surface area (TPSA) is 46.3 Å². The van der Waals surface area contributed by atoms with Gasteiger partial charge in [-0.05, 0) is 41.7 Å². The highest BCUT2D eigenvalue weighted by Gasteiger charge is 2.27. The lowest BCUT2D eigenvalue weighted by molar-refractivity contribution is -0.135. The number of fused-ring (bicyclic) bond motifs is 1. The highest BCUT2D eigenvalue weighted by molar-refractivity contribution is 7.17. The van der Waals surface area contributed by atoms with Crippen molar-refractivity contribution in [3.63, 3.8) is 0 Å². The van der Waals surface area contributed by atoms with Crippen LogP contribution in [0.25, 0.3) is 10.1 Å². The smallest absolute Gasteiger partial charge is 0.225 e. The third kappa shape index (κ3) is 3.62. The Morgan fingerprint density at radius 1 is 1.36 bits per heavy atom. The zero-order chi connectivity index (χ0) is 14.8. The summed E-state index contributed by atoms with van der Waals surface area (Å²) in [6.07, 6.45) is 3.96. The van der Waals surface area contributed by atoms with E-state index in [4.69, 9.17) is 5.73 Å². The number of nitrogens with two attached hydrogens (primary N) is 1. The number of benzene rings is 1. The number of rotatable bonds is 3. The quantitative estimate of drug-likeness (QED) is 0.925. The monoisotopic (exact) mass is 338 g/mol. The van der Waals surface area contributed by atoms with Crippen LogP contribution in [0.4, 0.5) is 0 Å². The van der Waals surface area contributed by atoms with Crippen molar-refractivity contribution >= 4 is 39.7 Å². The van der Waals surface area contributed by atoms with Gasteiger partial charge >= 0.3 is 0 Å². The first-order chi connectivity index (χ1) is 10.1. The number of halogens is 1. The third-order valence-electron chi connectivity index (χ3n) is 4.41. The third-order valence-corrected chi connectivity index (χ3v) is 5.42. The van der Waals surface area contributed by atoms with Gasteiger partial charge in [0.15, 0.2) is 0 Å². The van der Waals surface area contributed by atoms with Gasteiger partial charge in [-0.25, -0.2) is 0 Å². The van der Waals surface area contributed by atoms with Crippen LogP contribution in [-0.4, -0.2) is 23.9 Å². The minimum absolute atomic E-state index is 0. The van der Waals surface area contributed by atoms with E-state index in [0.717, 1.165) is 25.7 Å². The summed E-state index contributed by atoms with van der Waals surface area (Å²) in [5.74, 6) is 0.365. The maximum atomic E-state index is 12.6. The van der Waals surface area contributed by atoms with Crippen LogP contribution in [0.1, 0.15) is 31.2 Å². The predicted molar refractivity (Wildman–Crippen MR) is 95.5 cm³/mol. The van der Waals surface area contributed by atoms with Crippen LogP contribution < -0.4 is 5.73 Å². The average Bonchev–Trinajstić information content (AvgIpc) is 2.90. The molecule has 1 amide bonds. The van der Waals surface area contributed by atoms with Crippen molar-refractivity contribution in [3.8, 4) is 0 Å². The summed E-state index contributed by atoms with van der Waals surface area (Å²) in [5, 5.41) is 3.43. The second-order valence-corrected chi connectivity index (χ2v) is 6.99. The molecule has 3 nitrogen and oxygen atoms in total. The Morgan fingerprint density at radius 3 is 2.91 bits per heavy atom. The largest absolute Gasteiger partial charge is 0.341 e. The molecule has 3 rings (SSSR count). The van der Waals surface area contributed by atoms with E-state index in [2.05, 4.69) is 29.6 Å². The SMILES string of the molecule is CN(Cc1csc2ccccc12)C(=O)C1CCCC(N)C1.Cl. The van der Waals surface area contributed by atoms with E-state index in [0.29, 0.717) is 6.54 Å². The Bertz CT molecular complexity index is 642. The predicted octanol–water partition coefficient (Wildman–Crippen LogP) is 3.80. The van der Waals surface area contributed by atoms with E-state index in [1.54, 1.807) is 11.3 Å². The van der Waals surface area contributed by atoms with Gasteiger partial charge in [-0.1, -0.05) is 24.6 Å². The van der Waals surface area contributed by atoms with Crippen LogP contribution in [-0.2, 0) is 11.3 Å². The van der Waals surface area contributed by atoms with E-state index in [1.165, 1.54) is 15.6 Å². The van der Waals surface area contributed by atoms with E-state index < -0.39 is 0 Å². The second-order valence-electron chi connectivity index (χ2n) is 6.08. The Kier molecular flexibility index (Phi) is 5.84. The van der Waals surface area contributed by atoms with E-state index in [-0.39, 0.29) is 30.3 Å². The number of carbonyl (C=O) groups is 1. The maximum absolute atomic E-state index is 12.6. The Balaban J connectivity index is 0.00000176. The molecule has 22 heavy (non-hydrogen) atoms. The van der Waals surface area contributed by atoms with Crippen molar-refractivity contribution < 1.29 is 4.79 Å². The molecule has 1 aromatic heterocycles. The first kappa shape index (κ1) is 17.3. The molecule has 0 saturated heterocycles. The van der Waals surface area contributed by atoms with Crippen molar-refractivity contribution in [2.75, 3.05) is 7.05 Å². The minimum atomic E-state index is 0. The van der Waals surface area contributed by atoms with Gasteiger partial charge in [-0.15, -0.1) is 23.7 Å². The Labute approximate surface area is 141 Å². The Morgan fingerprint density at radius 2 is 2.14 bits per heavy atom. The number of nitrogens with zero attached hydrogens (tertiary/aromatic N) is 1. The van der Waals surface area contributed by atoms with Crippen molar-refractivity contribution in [1.82, 2.24) is 4.90 Å². The van der Waals surface area contributed by atoms with Crippen molar-refractivity contribution in [2.45, 2.75) is 38.3 Å². The fourth-order valence-corrected chi connectivity index (χ4v) is 4.21. The van der Waals surface area contributed by atoms with Gasteiger partial charge in [0.25, 0.3) is 0 Å². The zero-order valence-electron chi connectivity index (χ0n) is 12.8. The van der Waals surface area contributed by atoms with Crippen molar-refractivity contribution in [1.29, 1.82) is 0 Å². The molecular weight excluding hydrogens is 316 g/mol. The molecule has 1 fully saturated rings. The molecule has 1 aliphatic carbocycles. The van der Waals surface area contributed by atoms with Gasteiger partial charge in [0.1, 0.15) is 0 Å². The van der Waals surface area contributed by atoms with Crippen LogP contribution in [0.15, 0.2) is 29.6 Å². The van der Waals surface area contributed by atoms with E-state index >= 15 is 0 Å². The first-order valence-corrected chi connectivity index (χ1v) is 8.49. The maximum Gasteiger partial charge on any atom is 0.225 e. The molecule has 1 saturated carbocycles. The summed E-state index contributed by atoms with van der Waals surface area (Å²) in [6, 6.07) is 8.58. The van der Waals surface area contributed by atoms with E-state index in [9.17, 15) is 4.79 Å². The normalized spacial score (nSPS) is 21.4. The average molecular weight is 339 g/mol. The molecule has 0 radical (unpaired) electrons. The van der Waals surface area contributed by atoms with Gasteiger partial charge in [-0.2, -0.15) is 0 Å². The van der Waals surface area contributed by atoms with Gasteiger partial charge in [0, 0.05) is 30.3 Å². The number of hydrogen-bond donors (Lipinski definition) is 1. The highest BCUT2D eigenvalue weighted by Crippen LogP contribution is 2.28. The molecule has 1 aromatic carbocycles. The summed E-state index contributed by atoms with van der Waals surface area (Å²) >= 11 is 1.75. The number of thiophene rings is 1. The fourth-order valence-electron chi connectivity index (χ4n) is 3.25.